The van der Waals surface area contributed by atoms with E-state index >= 15 is 0 Å². The van der Waals surface area contributed by atoms with Crippen molar-refractivity contribution in [3.63, 3.8) is 0 Å². The van der Waals surface area contributed by atoms with Gasteiger partial charge in [0.15, 0.2) is 5.76 Å². The Morgan fingerprint density at radius 3 is 2.66 bits per heavy atom. The van der Waals surface area contributed by atoms with Crippen LogP contribution in [0.1, 0.15) is 61.9 Å². The minimum Gasteiger partial charge on any atom is -0.451 e. The number of amides is 1. The average molecular weight is 450 g/mol. The van der Waals surface area contributed by atoms with Crippen molar-refractivity contribution in [2.45, 2.75) is 53.1 Å². The molecule has 2 heterocycles. The number of hydrazone groups is 1. The Labute approximate surface area is 193 Å². The van der Waals surface area contributed by atoms with Gasteiger partial charge < -0.3 is 9.32 Å². The zero-order valence-electron chi connectivity index (χ0n) is 19.3. The molecule has 0 radical (unpaired) electrons. The molecule has 1 amide bonds. The Morgan fingerprint density at radius 1 is 1.19 bits per heavy atom. The van der Waals surface area contributed by atoms with Gasteiger partial charge in [-0.25, -0.2) is 5.43 Å². The third-order valence-corrected chi connectivity index (χ3v) is 6.08. The molecule has 166 valence electrons. The summed E-state index contributed by atoms with van der Waals surface area (Å²) < 4.78 is 5.60. The highest BCUT2D eigenvalue weighted by molar-refractivity contribution is 6.31. The van der Waals surface area contributed by atoms with E-state index in [1.165, 1.54) is 16.8 Å². The van der Waals surface area contributed by atoms with Crippen LogP contribution >= 0.6 is 11.6 Å². The molecule has 1 aromatic heterocycles. The van der Waals surface area contributed by atoms with E-state index in [9.17, 15) is 4.79 Å². The molecule has 32 heavy (non-hydrogen) atoms. The summed E-state index contributed by atoms with van der Waals surface area (Å²) in [6, 6.07) is 11.6. The van der Waals surface area contributed by atoms with E-state index < -0.39 is 5.91 Å². The number of halogens is 1. The van der Waals surface area contributed by atoms with Crippen molar-refractivity contribution in [1.82, 2.24) is 5.43 Å². The molecule has 5 nitrogen and oxygen atoms in total. The molecule has 6 heteroatoms. The highest BCUT2D eigenvalue weighted by Gasteiger charge is 2.33. The summed E-state index contributed by atoms with van der Waals surface area (Å²) in [4.78, 5) is 14.9. The van der Waals surface area contributed by atoms with E-state index in [1.807, 2.05) is 0 Å². The monoisotopic (exact) mass is 449 g/mol. The smallest absolute Gasteiger partial charge is 0.307 e. The molecule has 0 atom stereocenters. The number of nitrogens with zero attached hydrogens (tertiary/aromatic N) is 2. The third kappa shape index (κ3) is 4.05. The molecule has 1 aliphatic rings. The lowest BCUT2D eigenvalue weighted by Gasteiger charge is -2.46. The minimum absolute atomic E-state index is 0.0575. The normalized spacial score (nSPS) is 15.4. The number of carbonyl (C=O) groups is 1. The summed E-state index contributed by atoms with van der Waals surface area (Å²) >= 11 is 6.00. The first-order valence-electron chi connectivity index (χ1n) is 10.7. The molecule has 0 saturated carbocycles. The third-order valence-electron chi connectivity index (χ3n) is 5.85. The van der Waals surface area contributed by atoms with Crippen LogP contribution in [0.5, 0.6) is 0 Å². The Morgan fingerprint density at radius 2 is 1.94 bits per heavy atom. The van der Waals surface area contributed by atoms with Gasteiger partial charge in [-0.15, -0.1) is 0 Å². The van der Waals surface area contributed by atoms with Crippen molar-refractivity contribution in [2.24, 2.45) is 5.10 Å². The second-order valence-electron chi connectivity index (χ2n) is 9.16. The zero-order chi connectivity index (χ0) is 23.2. The minimum atomic E-state index is -0.409. The van der Waals surface area contributed by atoms with Crippen molar-refractivity contribution in [2.75, 3.05) is 4.90 Å². The van der Waals surface area contributed by atoms with Gasteiger partial charge in [-0.1, -0.05) is 17.7 Å². The standard InChI is InChI=1S/C26H28ClN3O2/c1-15(2)30-22-9-16(3)19(11-21(22)17(4)13-26(30,5)6)14-28-29-25(31)24-12-18-10-20(27)7-8-23(18)32-24/h7-15H,1-6H3,(H,29,31)/b28-14+. The number of anilines is 1. The zero-order valence-corrected chi connectivity index (χ0v) is 20.0. The molecule has 0 aliphatic carbocycles. The maximum atomic E-state index is 12.5. The van der Waals surface area contributed by atoms with Crippen molar-refractivity contribution >= 4 is 46.0 Å². The fourth-order valence-electron chi connectivity index (χ4n) is 4.64. The number of allylic oxidation sites excluding steroid dienone is 1. The summed E-state index contributed by atoms with van der Waals surface area (Å²) in [5.74, 6) is -0.219. The van der Waals surface area contributed by atoms with Crippen LogP contribution in [0.15, 0.2) is 52.0 Å². The summed E-state index contributed by atoms with van der Waals surface area (Å²) in [6.45, 7) is 13.1. The molecule has 0 spiro atoms. The van der Waals surface area contributed by atoms with Crippen LogP contribution in [0.25, 0.3) is 16.5 Å². The van der Waals surface area contributed by atoms with E-state index in [4.69, 9.17) is 16.0 Å². The predicted octanol–water partition coefficient (Wildman–Crippen LogP) is 6.57. The van der Waals surface area contributed by atoms with Crippen molar-refractivity contribution < 1.29 is 9.21 Å². The number of nitrogens with one attached hydrogen (secondary N) is 1. The van der Waals surface area contributed by atoms with Gasteiger partial charge in [-0.3, -0.25) is 4.79 Å². The molecule has 0 bridgehead atoms. The maximum absolute atomic E-state index is 12.5. The first-order valence-corrected chi connectivity index (χ1v) is 11.1. The topological polar surface area (TPSA) is 57.8 Å². The fourth-order valence-corrected chi connectivity index (χ4v) is 4.82. The molecule has 0 fully saturated rings. The summed E-state index contributed by atoms with van der Waals surface area (Å²) in [5, 5.41) is 5.55. The van der Waals surface area contributed by atoms with Crippen LogP contribution in [0.4, 0.5) is 5.69 Å². The highest BCUT2D eigenvalue weighted by atomic mass is 35.5. The summed E-state index contributed by atoms with van der Waals surface area (Å²) in [5.41, 5.74) is 8.81. The lowest BCUT2D eigenvalue weighted by atomic mass is 9.86. The largest absolute Gasteiger partial charge is 0.451 e. The number of aryl methyl sites for hydroxylation is 1. The van der Waals surface area contributed by atoms with Crippen molar-refractivity contribution in [3.05, 3.63) is 69.9 Å². The van der Waals surface area contributed by atoms with Crippen LogP contribution in [0, 0.1) is 6.92 Å². The van der Waals surface area contributed by atoms with E-state index in [1.54, 1.807) is 30.5 Å². The predicted molar refractivity (Wildman–Crippen MR) is 133 cm³/mol. The van der Waals surface area contributed by atoms with Crippen molar-refractivity contribution in [1.29, 1.82) is 0 Å². The lowest BCUT2D eigenvalue weighted by molar-refractivity contribution is 0.0929. The van der Waals surface area contributed by atoms with Gasteiger partial charge in [-0.05, 0) is 94.6 Å². The van der Waals surface area contributed by atoms with Gasteiger partial charge in [0.25, 0.3) is 0 Å². The molecular formula is C26H28ClN3O2. The van der Waals surface area contributed by atoms with Crippen LogP contribution in [0.2, 0.25) is 5.02 Å². The van der Waals surface area contributed by atoms with E-state index in [0.29, 0.717) is 16.6 Å². The lowest BCUT2D eigenvalue weighted by Crippen LogP contribution is -2.49. The van der Waals surface area contributed by atoms with Gasteiger partial charge in [0.05, 0.1) is 11.8 Å². The van der Waals surface area contributed by atoms with E-state index in [0.717, 1.165) is 16.5 Å². The second-order valence-corrected chi connectivity index (χ2v) is 9.60. The van der Waals surface area contributed by atoms with E-state index in [2.05, 4.69) is 75.2 Å². The Kier molecular flexibility index (Phi) is 5.63. The molecular weight excluding hydrogens is 422 g/mol. The maximum Gasteiger partial charge on any atom is 0.307 e. The van der Waals surface area contributed by atoms with Crippen LogP contribution in [-0.2, 0) is 0 Å². The molecule has 4 rings (SSSR count). The van der Waals surface area contributed by atoms with Crippen LogP contribution < -0.4 is 10.3 Å². The number of benzene rings is 2. The van der Waals surface area contributed by atoms with Gasteiger partial charge >= 0.3 is 5.91 Å². The van der Waals surface area contributed by atoms with Crippen LogP contribution in [-0.4, -0.2) is 23.7 Å². The van der Waals surface area contributed by atoms with Gasteiger partial charge in [0, 0.05) is 27.7 Å². The Hall–Kier alpha value is -3.05. The number of furan rings is 1. The number of carbonyl (C=O) groups excluding carboxylic acids is 1. The average Bonchev–Trinajstić information content (AvgIpc) is 3.11. The molecule has 0 unspecified atom stereocenters. The quantitative estimate of drug-likeness (QED) is 0.362. The van der Waals surface area contributed by atoms with Gasteiger partial charge in [0.1, 0.15) is 5.58 Å². The van der Waals surface area contributed by atoms with E-state index in [-0.39, 0.29) is 11.3 Å². The van der Waals surface area contributed by atoms with Gasteiger partial charge in [0.2, 0.25) is 0 Å². The van der Waals surface area contributed by atoms with Gasteiger partial charge in [-0.2, -0.15) is 5.10 Å². The number of hydrogen-bond donors (Lipinski definition) is 1. The number of hydrogen-bond acceptors (Lipinski definition) is 4. The number of fused-ring (bicyclic) bond motifs is 2. The summed E-state index contributed by atoms with van der Waals surface area (Å²) in [7, 11) is 0. The first-order chi connectivity index (χ1) is 15.1. The van der Waals surface area contributed by atoms with Crippen LogP contribution in [0.3, 0.4) is 0 Å². The first kappa shape index (κ1) is 22.2. The Bertz CT molecular complexity index is 1270. The molecule has 1 N–H and O–H groups in total. The Balaban J connectivity index is 1.58. The highest BCUT2D eigenvalue weighted by Crippen LogP contribution is 2.41. The molecule has 1 aliphatic heterocycles. The molecule has 2 aromatic carbocycles. The molecule has 0 saturated heterocycles. The molecule has 3 aromatic rings. The fraction of sp³-hybridized carbons (Fsp3) is 0.308. The number of rotatable bonds is 4. The summed E-state index contributed by atoms with van der Waals surface area (Å²) in [6.07, 6.45) is 3.99. The van der Waals surface area contributed by atoms with Crippen molar-refractivity contribution in [3.8, 4) is 0 Å². The second kappa shape index (κ2) is 8.14. The SMILES string of the molecule is CC1=CC(C)(C)N(C(C)C)c2cc(C)c(/C=N/NC(=O)c3cc4cc(Cl)ccc4o3)cc21.